The number of thioether (sulfide) groups is 1. The summed E-state index contributed by atoms with van der Waals surface area (Å²) in [6, 6.07) is 10.1. The number of nitrogens with one attached hydrogen (secondary N) is 1. The summed E-state index contributed by atoms with van der Waals surface area (Å²) in [4.78, 5) is 34.7. The van der Waals surface area contributed by atoms with Gasteiger partial charge in [0, 0.05) is 11.8 Å². The van der Waals surface area contributed by atoms with Crippen molar-refractivity contribution in [2.24, 2.45) is 0 Å². The molecule has 0 spiro atoms. The maximum atomic E-state index is 12.0. The highest BCUT2D eigenvalue weighted by atomic mass is 32.2. The molecule has 1 N–H and O–H groups in total. The fourth-order valence-electron chi connectivity index (χ4n) is 2.61. The second kappa shape index (κ2) is 9.18. The number of para-hydroxylation sites is 1. The minimum Gasteiger partial charge on any atom is -0.455 e. The topological polar surface area (TPSA) is 98.5 Å². The maximum Gasteiger partial charge on any atom is 0.316 e. The normalized spacial score (nSPS) is 10.3. The molecule has 8 heteroatoms. The van der Waals surface area contributed by atoms with Gasteiger partial charge in [0.25, 0.3) is 11.6 Å². The van der Waals surface area contributed by atoms with Crippen LogP contribution in [0.15, 0.2) is 41.3 Å². The molecule has 0 unspecified atom stereocenters. The van der Waals surface area contributed by atoms with E-state index in [2.05, 4.69) is 5.32 Å². The number of hydrogen-bond donors (Lipinski definition) is 1. The summed E-state index contributed by atoms with van der Waals surface area (Å²) in [5.41, 5.74) is 3.59. The maximum absolute atomic E-state index is 12.0. The van der Waals surface area contributed by atoms with E-state index in [1.165, 1.54) is 6.07 Å². The van der Waals surface area contributed by atoms with E-state index in [9.17, 15) is 19.7 Å². The van der Waals surface area contributed by atoms with Gasteiger partial charge >= 0.3 is 5.97 Å². The molecule has 2 rings (SSSR count). The Hall–Kier alpha value is -2.87. The van der Waals surface area contributed by atoms with Gasteiger partial charge in [-0.3, -0.25) is 19.7 Å². The van der Waals surface area contributed by atoms with E-state index in [4.69, 9.17) is 4.74 Å². The quantitative estimate of drug-likeness (QED) is 0.335. The summed E-state index contributed by atoms with van der Waals surface area (Å²) >= 11 is 0.998. The van der Waals surface area contributed by atoms with Gasteiger partial charge in [0.05, 0.1) is 15.6 Å². The molecule has 0 aliphatic carbocycles. The molecule has 2 aromatic carbocycles. The van der Waals surface area contributed by atoms with E-state index in [1.807, 2.05) is 32.9 Å². The van der Waals surface area contributed by atoms with Crippen molar-refractivity contribution < 1.29 is 19.2 Å². The van der Waals surface area contributed by atoms with Gasteiger partial charge in [0.15, 0.2) is 6.61 Å². The highest BCUT2D eigenvalue weighted by Crippen LogP contribution is 2.28. The molecular weight excluding hydrogens is 368 g/mol. The number of ether oxygens (including phenoxy) is 1. The van der Waals surface area contributed by atoms with Gasteiger partial charge in [-0.15, -0.1) is 11.8 Å². The lowest BCUT2D eigenvalue weighted by Crippen LogP contribution is -2.22. The molecule has 0 aliphatic rings. The zero-order valence-corrected chi connectivity index (χ0v) is 16.1. The molecule has 0 heterocycles. The number of carbonyl (C=O) groups excluding carboxylic acids is 2. The van der Waals surface area contributed by atoms with Crippen LogP contribution in [0.3, 0.4) is 0 Å². The number of anilines is 1. The third-order valence-corrected chi connectivity index (χ3v) is 4.75. The zero-order chi connectivity index (χ0) is 20.0. The fraction of sp³-hybridized carbons (Fsp3) is 0.263. The molecule has 0 radical (unpaired) electrons. The number of nitro groups is 1. The number of amides is 1. The molecule has 0 saturated carbocycles. The first kappa shape index (κ1) is 20.4. The molecule has 0 saturated heterocycles. The minimum absolute atomic E-state index is 0.0710. The van der Waals surface area contributed by atoms with Crippen molar-refractivity contribution in [1.82, 2.24) is 0 Å². The molecule has 0 aromatic heterocycles. The molecule has 0 bridgehead atoms. The standard InChI is InChI=1S/C19H20N2O5S/c1-12-8-13(2)19(14(3)9-12)20-17(22)10-26-18(23)11-27-16-7-5-4-6-15(16)21(24)25/h4-9H,10-11H2,1-3H3,(H,20,22). The average molecular weight is 388 g/mol. The van der Waals surface area contributed by atoms with Gasteiger partial charge in [0.2, 0.25) is 0 Å². The first-order chi connectivity index (χ1) is 12.8. The molecule has 1 amide bonds. The largest absolute Gasteiger partial charge is 0.455 e. The first-order valence-electron chi connectivity index (χ1n) is 8.17. The van der Waals surface area contributed by atoms with Gasteiger partial charge < -0.3 is 10.1 Å². The SMILES string of the molecule is Cc1cc(C)c(NC(=O)COC(=O)CSc2ccccc2[N+](=O)[O-])c(C)c1. The number of esters is 1. The molecule has 142 valence electrons. The van der Waals surface area contributed by atoms with Crippen LogP contribution in [0.5, 0.6) is 0 Å². The van der Waals surface area contributed by atoms with Crippen molar-refractivity contribution in [3.63, 3.8) is 0 Å². The van der Waals surface area contributed by atoms with Crippen molar-refractivity contribution in [3.8, 4) is 0 Å². The Morgan fingerprint density at radius 3 is 2.41 bits per heavy atom. The van der Waals surface area contributed by atoms with Crippen molar-refractivity contribution in [1.29, 1.82) is 0 Å². The fourth-order valence-corrected chi connectivity index (χ4v) is 3.43. The highest BCUT2D eigenvalue weighted by Gasteiger charge is 2.16. The highest BCUT2D eigenvalue weighted by molar-refractivity contribution is 8.00. The Kier molecular flexibility index (Phi) is 6.95. The van der Waals surface area contributed by atoms with Gasteiger partial charge in [0.1, 0.15) is 0 Å². The van der Waals surface area contributed by atoms with Gasteiger partial charge in [-0.1, -0.05) is 29.8 Å². The van der Waals surface area contributed by atoms with Crippen LogP contribution in [0.4, 0.5) is 11.4 Å². The summed E-state index contributed by atoms with van der Waals surface area (Å²) in [6.45, 7) is 5.35. The van der Waals surface area contributed by atoms with E-state index in [0.717, 1.165) is 28.5 Å². The lowest BCUT2D eigenvalue weighted by atomic mass is 10.1. The molecule has 2 aromatic rings. The summed E-state index contributed by atoms with van der Waals surface area (Å²) < 4.78 is 4.96. The van der Waals surface area contributed by atoms with E-state index in [-0.39, 0.29) is 11.4 Å². The molecule has 7 nitrogen and oxygen atoms in total. The molecule has 27 heavy (non-hydrogen) atoms. The summed E-state index contributed by atoms with van der Waals surface area (Å²) in [5, 5.41) is 13.7. The number of hydrogen-bond acceptors (Lipinski definition) is 6. The van der Waals surface area contributed by atoms with E-state index >= 15 is 0 Å². The predicted molar refractivity (Wildman–Crippen MR) is 104 cm³/mol. The molecule has 0 fully saturated rings. The van der Waals surface area contributed by atoms with Crippen LogP contribution < -0.4 is 5.32 Å². The molecular formula is C19H20N2O5S. The van der Waals surface area contributed by atoms with Gasteiger partial charge in [-0.05, 0) is 38.0 Å². The lowest BCUT2D eigenvalue weighted by Gasteiger charge is -2.13. The number of nitro benzene ring substituents is 1. The number of aryl methyl sites for hydroxylation is 3. The van der Waals surface area contributed by atoms with Crippen LogP contribution in [0.25, 0.3) is 0 Å². The summed E-state index contributed by atoms with van der Waals surface area (Å²) in [7, 11) is 0. The summed E-state index contributed by atoms with van der Waals surface area (Å²) in [6.07, 6.45) is 0. The third kappa shape index (κ3) is 5.82. The lowest BCUT2D eigenvalue weighted by molar-refractivity contribution is -0.387. The molecule has 0 aliphatic heterocycles. The van der Waals surface area contributed by atoms with E-state index in [0.29, 0.717) is 10.6 Å². The van der Waals surface area contributed by atoms with Crippen LogP contribution in [0, 0.1) is 30.9 Å². The summed E-state index contributed by atoms with van der Waals surface area (Å²) in [5.74, 6) is -1.18. The van der Waals surface area contributed by atoms with Crippen molar-refractivity contribution in [3.05, 3.63) is 63.2 Å². The number of carbonyl (C=O) groups is 2. The second-order valence-corrected chi connectivity index (χ2v) is 7.01. The smallest absolute Gasteiger partial charge is 0.316 e. The number of benzene rings is 2. The van der Waals surface area contributed by atoms with Gasteiger partial charge in [-0.25, -0.2) is 0 Å². The van der Waals surface area contributed by atoms with Crippen LogP contribution in [-0.2, 0) is 14.3 Å². The van der Waals surface area contributed by atoms with Crippen LogP contribution in [-0.4, -0.2) is 29.2 Å². The zero-order valence-electron chi connectivity index (χ0n) is 15.3. The third-order valence-electron chi connectivity index (χ3n) is 3.71. The minimum atomic E-state index is -0.620. The molecule has 0 atom stereocenters. The predicted octanol–water partition coefficient (Wildman–Crippen LogP) is 3.79. The monoisotopic (exact) mass is 388 g/mol. The van der Waals surface area contributed by atoms with Crippen molar-refractivity contribution in [2.75, 3.05) is 17.7 Å². The Morgan fingerprint density at radius 1 is 1.15 bits per heavy atom. The van der Waals surface area contributed by atoms with E-state index < -0.39 is 23.4 Å². The van der Waals surface area contributed by atoms with Gasteiger partial charge in [-0.2, -0.15) is 0 Å². The first-order valence-corrected chi connectivity index (χ1v) is 9.16. The Balaban J connectivity index is 1.86. The number of rotatable bonds is 7. The Morgan fingerprint density at radius 2 is 1.78 bits per heavy atom. The van der Waals surface area contributed by atoms with Crippen LogP contribution >= 0.6 is 11.8 Å². The van der Waals surface area contributed by atoms with Crippen molar-refractivity contribution in [2.45, 2.75) is 25.7 Å². The van der Waals surface area contributed by atoms with Crippen molar-refractivity contribution >= 4 is 35.0 Å². The second-order valence-electron chi connectivity index (χ2n) is 6.00. The number of nitrogens with zero attached hydrogens (tertiary/aromatic N) is 1. The van der Waals surface area contributed by atoms with Crippen LogP contribution in [0.2, 0.25) is 0 Å². The Bertz CT molecular complexity index is 859. The van der Waals surface area contributed by atoms with E-state index in [1.54, 1.807) is 18.2 Å². The average Bonchev–Trinajstić information content (AvgIpc) is 2.61. The van der Waals surface area contributed by atoms with Crippen LogP contribution in [0.1, 0.15) is 16.7 Å². The Labute approximate surface area is 161 Å².